The summed E-state index contributed by atoms with van der Waals surface area (Å²) in [5, 5.41) is 0.488. The number of rotatable bonds is 2. The van der Waals surface area contributed by atoms with Crippen LogP contribution in [0.2, 0.25) is 0 Å². The van der Waals surface area contributed by atoms with E-state index >= 15 is 0 Å². The van der Waals surface area contributed by atoms with Gasteiger partial charge >= 0.3 is 6.18 Å². The van der Waals surface area contributed by atoms with Crippen LogP contribution in [0.25, 0.3) is 10.9 Å². The summed E-state index contributed by atoms with van der Waals surface area (Å²) in [7, 11) is 0. The molecule has 0 bridgehead atoms. The minimum Gasteiger partial charge on any atom is -0.356 e. The van der Waals surface area contributed by atoms with Gasteiger partial charge in [0, 0.05) is 11.1 Å². The molecule has 1 heterocycles. The van der Waals surface area contributed by atoms with E-state index in [1.54, 1.807) is 12.1 Å². The molecule has 3 N–H and O–H groups in total. The van der Waals surface area contributed by atoms with Gasteiger partial charge in [-0.15, -0.1) is 0 Å². The maximum Gasteiger partial charge on any atom is 0.418 e. The van der Waals surface area contributed by atoms with Gasteiger partial charge in [-0.3, -0.25) is 4.84 Å². The Morgan fingerprint density at radius 2 is 2.06 bits per heavy atom. The van der Waals surface area contributed by atoms with Crippen molar-refractivity contribution in [2.24, 2.45) is 5.90 Å². The Morgan fingerprint density at radius 3 is 2.69 bits per heavy atom. The first-order chi connectivity index (χ1) is 7.52. The maximum absolute atomic E-state index is 12.6. The van der Waals surface area contributed by atoms with Gasteiger partial charge in [0.2, 0.25) is 0 Å². The van der Waals surface area contributed by atoms with Crippen LogP contribution in [0, 0.1) is 0 Å². The van der Waals surface area contributed by atoms with Crippen molar-refractivity contribution in [3.63, 3.8) is 0 Å². The molecule has 16 heavy (non-hydrogen) atoms. The van der Waals surface area contributed by atoms with Crippen LogP contribution in [0.5, 0.6) is 0 Å². The Labute approximate surface area is 89.0 Å². The van der Waals surface area contributed by atoms with E-state index < -0.39 is 11.7 Å². The number of halogens is 3. The van der Waals surface area contributed by atoms with Crippen LogP contribution in [0.1, 0.15) is 11.3 Å². The summed E-state index contributed by atoms with van der Waals surface area (Å²) in [6.07, 6.45) is -4.37. The number of H-pyrrole nitrogens is 1. The van der Waals surface area contributed by atoms with Crippen molar-refractivity contribution in [2.45, 2.75) is 12.8 Å². The lowest BCUT2D eigenvalue weighted by Crippen LogP contribution is -2.05. The van der Waals surface area contributed by atoms with Crippen LogP contribution in [-0.4, -0.2) is 4.98 Å². The molecule has 0 atom stereocenters. The lowest BCUT2D eigenvalue weighted by atomic mass is 10.1. The highest BCUT2D eigenvalue weighted by Crippen LogP contribution is 2.34. The second kappa shape index (κ2) is 3.80. The zero-order valence-electron chi connectivity index (χ0n) is 8.14. The Balaban J connectivity index is 2.59. The number of alkyl halides is 3. The summed E-state index contributed by atoms with van der Waals surface area (Å²) >= 11 is 0. The summed E-state index contributed by atoms with van der Waals surface area (Å²) in [5.41, 5.74) is -0.121. The number of benzene rings is 1. The molecule has 2 rings (SSSR count). The average Bonchev–Trinajstić information content (AvgIpc) is 2.58. The van der Waals surface area contributed by atoms with Gasteiger partial charge in [-0.1, -0.05) is 12.1 Å². The van der Waals surface area contributed by atoms with Gasteiger partial charge in [-0.2, -0.15) is 13.2 Å². The predicted octanol–water partition coefficient (Wildman–Crippen LogP) is 2.58. The second-order valence-corrected chi connectivity index (χ2v) is 3.37. The SMILES string of the molecule is NOCc1cc2cccc(C(F)(F)F)c2[nH]1. The fourth-order valence-corrected chi connectivity index (χ4v) is 1.62. The Morgan fingerprint density at radius 1 is 1.31 bits per heavy atom. The van der Waals surface area contributed by atoms with E-state index in [0.717, 1.165) is 6.07 Å². The zero-order chi connectivity index (χ0) is 11.8. The lowest BCUT2D eigenvalue weighted by molar-refractivity contribution is -0.136. The van der Waals surface area contributed by atoms with Crippen LogP contribution in [-0.2, 0) is 17.6 Å². The number of nitrogens with two attached hydrogens (primary N) is 1. The molecule has 0 aliphatic rings. The lowest BCUT2D eigenvalue weighted by Gasteiger charge is -2.07. The first-order valence-electron chi connectivity index (χ1n) is 4.52. The molecule has 0 aliphatic carbocycles. The van der Waals surface area contributed by atoms with Crippen LogP contribution in [0.15, 0.2) is 24.3 Å². The fourth-order valence-electron chi connectivity index (χ4n) is 1.62. The quantitative estimate of drug-likeness (QED) is 0.779. The number of nitrogens with one attached hydrogen (secondary N) is 1. The van der Waals surface area contributed by atoms with E-state index in [1.165, 1.54) is 6.07 Å². The number of para-hydroxylation sites is 1. The first-order valence-corrected chi connectivity index (χ1v) is 4.52. The molecular weight excluding hydrogens is 221 g/mol. The van der Waals surface area contributed by atoms with Crippen molar-refractivity contribution >= 4 is 10.9 Å². The standard InChI is InChI=1S/C10H9F3N2O/c11-10(12,13)8-3-1-2-6-4-7(5-16-14)15-9(6)8/h1-4,15H,5,14H2. The number of hydrogen-bond donors (Lipinski definition) is 2. The monoisotopic (exact) mass is 230 g/mol. The number of hydrogen-bond acceptors (Lipinski definition) is 2. The predicted molar refractivity (Wildman–Crippen MR) is 52.3 cm³/mol. The third kappa shape index (κ3) is 1.89. The molecule has 1 aromatic heterocycles. The number of fused-ring (bicyclic) bond motifs is 1. The van der Waals surface area contributed by atoms with E-state index in [2.05, 4.69) is 9.82 Å². The maximum atomic E-state index is 12.6. The highest BCUT2D eigenvalue weighted by Gasteiger charge is 2.33. The third-order valence-electron chi connectivity index (χ3n) is 2.26. The van der Waals surface area contributed by atoms with Crippen molar-refractivity contribution in [1.29, 1.82) is 0 Å². The van der Waals surface area contributed by atoms with Crippen molar-refractivity contribution in [3.8, 4) is 0 Å². The fraction of sp³-hybridized carbons (Fsp3) is 0.200. The van der Waals surface area contributed by atoms with Crippen LogP contribution < -0.4 is 5.90 Å². The molecule has 0 radical (unpaired) electrons. The minimum atomic E-state index is -4.37. The molecule has 86 valence electrons. The van der Waals surface area contributed by atoms with E-state index in [9.17, 15) is 13.2 Å². The number of aromatic nitrogens is 1. The third-order valence-corrected chi connectivity index (χ3v) is 2.26. The molecule has 1 aromatic carbocycles. The van der Waals surface area contributed by atoms with Crippen molar-refractivity contribution < 1.29 is 18.0 Å². The van der Waals surface area contributed by atoms with E-state index in [-0.39, 0.29) is 12.1 Å². The van der Waals surface area contributed by atoms with Crippen LogP contribution in [0.3, 0.4) is 0 Å². The Kier molecular flexibility index (Phi) is 2.61. The van der Waals surface area contributed by atoms with Gasteiger partial charge in [0.05, 0.1) is 11.1 Å². The first kappa shape index (κ1) is 11.0. The normalized spacial score (nSPS) is 12.2. The Bertz CT molecular complexity index is 504. The topological polar surface area (TPSA) is 51.0 Å². The minimum absolute atomic E-state index is 0.0476. The average molecular weight is 230 g/mol. The molecule has 2 aromatic rings. The van der Waals surface area contributed by atoms with E-state index in [1.807, 2.05) is 0 Å². The van der Waals surface area contributed by atoms with Gasteiger partial charge in [0.1, 0.15) is 6.61 Å². The smallest absolute Gasteiger partial charge is 0.356 e. The molecule has 3 nitrogen and oxygen atoms in total. The van der Waals surface area contributed by atoms with Crippen molar-refractivity contribution in [3.05, 3.63) is 35.5 Å². The molecule has 0 unspecified atom stereocenters. The molecule has 0 aliphatic heterocycles. The molecule has 0 fully saturated rings. The Hall–Kier alpha value is -1.53. The van der Waals surface area contributed by atoms with Gasteiger partial charge in [-0.05, 0) is 12.1 Å². The van der Waals surface area contributed by atoms with Crippen molar-refractivity contribution in [2.75, 3.05) is 0 Å². The van der Waals surface area contributed by atoms with Crippen LogP contribution >= 0.6 is 0 Å². The summed E-state index contributed by atoms with van der Waals surface area (Å²) in [6, 6.07) is 5.58. The molecule has 0 spiro atoms. The summed E-state index contributed by atoms with van der Waals surface area (Å²) in [5.74, 6) is 4.86. The van der Waals surface area contributed by atoms with Gasteiger partial charge in [0.25, 0.3) is 0 Å². The highest BCUT2D eigenvalue weighted by molar-refractivity contribution is 5.84. The molecule has 0 amide bonds. The molecular formula is C10H9F3N2O. The summed E-state index contributed by atoms with van der Waals surface area (Å²) < 4.78 is 37.9. The van der Waals surface area contributed by atoms with E-state index in [4.69, 9.17) is 5.90 Å². The van der Waals surface area contributed by atoms with Gasteiger partial charge < -0.3 is 4.98 Å². The second-order valence-electron chi connectivity index (χ2n) is 3.37. The zero-order valence-corrected chi connectivity index (χ0v) is 8.14. The van der Waals surface area contributed by atoms with Crippen LogP contribution in [0.4, 0.5) is 13.2 Å². The highest BCUT2D eigenvalue weighted by atomic mass is 19.4. The summed E-state index contributed by atoms with van der Waals surface area (Å²) in [4.78, 5) is 7.02. The number of aromatic amines is 1. The van der Waals surface area contributed by atoms with Crippen molar-refractivity contribution in [1.82, 2.24) is 4.98 Å². The van der Waals surface area contributed by atoms with Gasteiger partial charge in [-0.25, -0.2) is 5.90 Å². The van der Waals surface area contributed by atoms with Gasteiger partial charge in [0.15, 0.2) is 0 Å². The largest absolute Gasteiger partial charge is 0.418 e. The summed E-state index contributed by atoms with van der Waals surface area (Å²) in [6.45, 7) is 0.0476. The van der Waals surface area contributed by atoms with E-state index in [0.29, 0.717) is 11.1 Å². The molecule has 0 saturated heterocycles. The molecule has 0 saturated carbocycles. The molecule has 6 heteroatoms.